The molecule has 1 N–H and O–H groups in total. The molecule has 0 saturated carbocycles. The highest BCUT2D eigenvalue weighted by Gasteiger charge is 2.39. The zero-order valence-electron chi connectivity index (χ0n) is 18.7. The van der Waals surface area contributed by atoms with Gasteiger partial charge in [-0.15, -0.1) is 10.2 Å². The van der Waals surface area contributed by atoms with E-state index in [0.717, 1.165) is 48.6 Å². The van der Waals surface area contributed by atoms with Crippen LogP contribution in [-0.4, -0.2) is 51.1 Å². The summed E-state index contributed by atoms with van der Waals surface area (Å²) in [5, 5.41) is 9.16. The Labute approximate surface area is 193 Å². The number of ether oxygens (including phenoxy) is 1. The maximum absolute atomic E-state index is 13.7. The summed E-state index contributed by atoms with van der Waals surface area (Å²) >= 11 is 1.48. The summed E-state index contributed by atoms with van der Waals surface area (Å²) in [7, 11) is 1.65. The molecule has 1 aromatic heterocycles. The number of rotatable bonds is 8. The minimum atomic E-state index is -0.346. The van der Waals surface area contributed by atoms with E-state index in [1.807, 2.05) is 64.2 Å². The van der Waals surface area contributed by atoms with Gasteiger partial charge in [0.1, 0.15) is 11.0 Å². The van der Waals surface area contributed by atoms with Crippen molar-refractivity contribution in [3.63, 3.8) is 0 Å². The van der Waals surface area contributed by atoms with Crippen LogP contribution in [0.15, 0.2) is 59.8 Å². The standard InChI is InChI=1S/C24H29N5O2S/c1-4-15-28(16-5-2)23(30)21-20(17-11-13-19(31-3)14-12-17)27-29-22(25-26-24(29)32-21)18-9-7-6-8-10-18/h6-14,20-21,27H,4-5,15-16H2,1-3H3. The number of thioether (sulfide) groups is 1. The number of nitrogens with one attached hydrogen (secondary N) is 1. The van der Waals surface area contributed by atoms with Crippen LogP contribution in [0.2, 0.25) is 0 Å². The summed E-state index contributed by atoms with van der Waals surface area (Å²) in [4.78, 5) is 15.6. The maximum Gasteiger partial charge on any atom is 0.238 e. The smallest absolute Gasteiger partial charge is 0.238 e. The van der Waals surface area contributed by atoms with Gasteiger partial charge in [0.2, 0.25) is 11.1 Å². The van der Waals surface area contributed by atoms with Gasteiger partial charge in [-0.2, -0.15) is 0 Å². The van der Waals surface area contributed by atoms with Crippen molar-refractivity contribution >= 4 is 17.7 Å². The highest BCUT2D eigenvalue weighted by Crippen LogP contribution is 2.39. The van der Waals surface area contributed by atoms with Crippen LogP contribution in [0, 0.1) is 0 Å². The van der Waals surface area contributed by atoms with Gasteiger partial charge in [0.25, 0.3) is 0 Å². The number of carbonyl (C=O) groups is 1. The summed E-state index contributed by atoms with van der Waals surface area (Å²) in [6.07, 6.45) is 1.86. The molecule has 168 valence electrons. The van der Waals surface area contributed by atoms with Crippen molar-refractivity contribution < 1.29 is 9.53 Å². The molecule has 0 spiro atoms. The lowest BCUT2D eigenvalue weighted by molar-refractivity contribution is -0.131. The lowest BCUT2D eigenvalue weighted by Gasteiger charge is -2.36. The lowest BCUT2D eigenvalue weighted by atomic mass is 10.0. The van der Waals surface area contributed by atoms with Crippen LogP contribution in [0.3, 0.4) is 0 Å². The normalized spacial score (nSPS) is 17.3. The van der Waals surface area contributed by atoms with Crippen LogP contribution in [-0.2, 0) is 4.79 Å². The van der Waals surface area contributed by atoms with Crippen molar-refractivity contribution in [1.82, 2.24) is 19.8 Å². The third kappa shape index (κ3) is 4.46. The first-order valence-electron chi connectivity index (χ1n) is 11.0. The number of methoxy groups -OCH3 is 1. The number of amides is 1. The van der Waals surface area contributed by atoms with E-state index in [1.165, 1.54) is 11.8 Å². The van der Waals surface area contributed by atoms with Gasteiger partial charge < -0.3 is 15.1 Å². The summed E-state index contributed by atoms with van der Waals surface area (Å²) < 4.78 is 7.23. The molecule has 0 aliphatic carbocycles. The second kappa shape index (κ2) is 10.1. The van der Waals surface area contributed by atoms with E-state index < -0.39 is 0 Å². The first-order valence-corrected chi connectivity index (χ1v) is 11.9. The Bertz CT molecular complexity index is 1030. The van der Waals surface area contributed by atoms with E-state index in [4.69, 9.17) is 4.74 Å². The zero-order chi connectivity index (χ0) is 22.5. The largest absolute Gasteiger partial charge is 0.497 e. The number of carbonyl (C=O) groups excluding carboxylic acids is 1. The van der Waals surface area contributed by atoms with Crippen LogP contribution in [0.4, 0.5) is 0 Å². The van der Waals surface area contributed by atoms with E-state index >= 15 is 0 Å². The SMILES string of the molecule is CCCN(CCC)C(=O)C1Sc2nnc(-c3ccccc3)n2NC1c1ccc(OC)cc1. The number of hydrogen-bond acceptors (Lipinski definition) is 6. The quantitative estimate of drug-likeness (QED) is 0.549. The van der Waals surface area contributed by atoms with Crippen LogP contribution in [0.1, 0.15) is 38.3 Å². The molecular formula is C24H29N5O2S. The third-order valence-corrected chi connectivity index (χ3v) is 6.69. The van der Waals surface area contributed by atoms with Crippen molar-refractivity contribution in [2.24, 2.45) is 0 Å². The third-order valence-electron chi connectivity index (χ3n) is 5.49. The van der Waals surface area contributed by atoms with Crippen molar-refractivity contribution in [2.75, 3.05) is 25.6 Å². The van der Waals surface area contributed by atoms with E-state index in [2.05, 4.69) is 29.5 Å². The van der Waals surface area contributed by atoms with Crippen LogP contribution in [0.25, 0.3) is 11.4 Å². The molecule has 0 radical (unpaired) electrons. The van der Waals surface area contributed by atoms with E-state index in [1.54, 1.807) is 7.11 Å². The van der Waals surface area contributed by atoms with Crippen molar-refractivity contribution in [3.05, 3.63) is 60.2 Å². The first kappa shape index (κ1) is 22.2. The molecule has 4 rings (SSSR count). The second-order valence-corrected chi connectivity index (χ2v) is 8.86. The van der Waals surface area contributed by atoms with E-state index in [9.17, 15) is 4.79 Å². The van der Waals surface area contributed by atoms with Gasteiger partial charge in [0, 0.05) is 18.7 Å². The molecule has 1 aliphatic heterocycles. The van der Waals surface area contributed by atoms with Gasteiger partial charge in [0.05, 0.1) is 13.2 Å². The molecule has 0 saturated heterocycles. The number of fused-ring (bicyclic) bond motifs is 1. The fraction of sp³-hybridized carbons (Fsp3) is 0.375. The van der Waals surface area contributed by atoms with Gasteiger partial charge in [-0.3, -0.25) is 4.79 Å². The van der Waals surface area contributed by atoms with Crippen molar-refractivity contribution in [3.8, 4) is 17.1 Å². The number of nitrogens with zero attached hydrogens (tertiary/aromatic N) is 4. The van der Waals surface area contributed by atoms with Gasteiger partial charge in [0.15, 0.2) is 5.82 Å². The molecule has 0 fully saturated rings. The number of hydrogen-bond donors (Lipinski definition) is 1. The molecule has 3 aromatic rings. The lowest BCUT2D eigenvalue weighted by Crippen LogP contribution is -2.46. The predicted octanol–water partition coefficient (Wildman–Crippen LogP) is 4.36. The molecule has 7 nitrogen and oxygen atoms in total. The molecule has 8 heteroatoms. The van der Waals surface area contributed by atoms with E-state index in [-0.39, 0.29) is 17.2 Å². The molecule has 1 aliphatic rings. The average Bonchev–Trinajstić information content (AvgIpc) is 3.26. The highest BCUT2D eigenvalue weighted by molar-refractivity contribution is 8.00. The second-order valence-electron chi connectivity index (χ2n) is 7.75. The molecule has 32 heavy (non-hydrogen) atoms. The van der Waals surface area contributed by atoms with E-state index in [0.29, 0.717) is 5.16 Å². The van der Waals surface area contributed by atoms with Gasteiger partial charge in [-0.05, 0) is 30.5 Å². The summed E-state index contributed by atoms with van der Waals surface area (Å²) in [5.41, 5.74) is 5.54. The Balaban J connectivity index is 1.73. The van der Waals surface area contributed by atoms with Crippen LogP contribution < -0.4 is 10.2 Å². The molecule has 0 bridgehead atoms. The minimum Gasteiger partial charge on any atom is -0.497 e. The van der Waals surface area contributed by atoms with Crippen LogP contribution in [0.5, 0.6) is 5.75 Å². The number of benzene rings is 2. The Hall–Kier alpha value is -3.00. The Morgan fingerprint density at radius 2 is 1.75 bits per heavy atom. The average molecular weight is 452 g/mol. The topological polar surface area (TPSA) is 72.3 Å². The predicted molar refractivity (Wildman–Crippen MR) is 127 cm³/mol. The molecule has 2 heterocycles. The molecule has 2 aromatic carbocycles. The van der Waals surface area contributed by atoms with Crippen molar-refractivity contribution in [2.45, 2.75) is 43.1 Å². The number of aromatic nitrogens is 3. The van der Waals surface area contributed by atoms with Crippen LogP contribution >= 0.6 is 11.8 Å². The van der Waals surface area contributed by atoms with Gasteiger partial charge in [-0.1, -0.05) is 68.1 Å². The molecule has 1 amide bonds. The summed E-state index contributed by atoms with van der Waals surface area (Å²) in [5.74, 6) is 1.65. The highest BCUT2D eigenvalue weighted by atomic mass is 32.2. The van der Waals surface area contributed by atoms with Gasteiger partial charge in [-0.25, -0.2) is 4.68 Å². The Morgan fingerprint density at radius 1 is 1.06 bits per heavy atom. The molecule has 2 unspecified atom stereocenters. The summed E-state index contributed by atoms with van der Waals surface area (Å²) in [6, 6.07) is 17.6. The zero-order valence-corrected chi connectivity index (χ0v) is 19.5. The Morgan fingerprint density at radius 3 is 2.38 bits per heavy atom. The summed E-state index contributed by atoms with van der Waals surface area (Å²) in [6.45, 7) is 5.71. The minimum absolute atomic E-state index is 0.127. The fourth-order valence-electron chi connectivity index (χ4n) is 3.93. The van der Waals surface area contributed by atoms with Gasteiger partial charge >= 0.3 is 0 Å². The maximum atomic E-state index is 13.7. The fourth-order valence-corrected chi connectivity index (χ4v) is 5.09. The Kier molecular flexibility index (Phi) is 6.99. The molecule has 2 atom stereocenters. The molecular weight excluding hydrogens is 422 g/mol. The monoisotopic (exact) mass is 451 g/mol. The first-order chi connectivity index (χ1) is 15.7. The van der Waals surface area contributed by atoms with Crippen molar-refractivity contribution in [1.29, 1.82) is 0 Å².